The van der Waals surface area contributed by atoms with Crippen molar-refractivity contribution < 1.29 is 23.8 Å². The fourth-order valence-corrected chi connectivity index (χ4v) is 6.44. The van der Waals surface area contributed by atoms with E-state index < -0.39 is 35.6 Å². The molecule has 1 aliphatic rings. The first-order chi connectivity index (χ1) is 17.7. The number of rotatable bonds is 7. The maximum absolute atomic E-state index is 12.2. The fourth-order valence-electron chi connectivity index (χ4n) is 3.84. The normalized spacial score (nSPS) is 23.3. The highest BCUT2D eigenvalue weighted by atomic mass is 79.9. The highest BCUT2D eigenvalue weighted by Crippen LogP contribution is 2.43. The summed E-state index contributed by atoms with van der Waals surface area (Å²) in [6, 6.07) is 3.21. The van der Waals surface area contributed by atoms with Crippen LogP contribution in [-0.2, 0) is 23.8 Å². The van der Waals surface area contributed by atoms with Crippen LogP contribution in [-0.4, -0.2) is 61.2 Å². The molecule has 4 heterocycles. The molecule has 37 heavy (non-hydrogen) atoms. The Kier molecular flexibility index (Phi) is 8.81. The Morgan fingerprint density at radius 3 is 2.78 bits per heavy atom. The van der Waals surface area contributed by atoms with Gasteiger partial charge in [-0.2, -0.15) is 5.26 Å². The molecule has 1 aliphatic heterocycles. The van der Waals surface area contributed by atoms with Gasteiger partial charge < -0.3 is 14.2 Å². The number of carbonyl (C=O) groups is 2. The Morgan fingerprint density at radius 1 is 1.38 bits per heavy atom. The second kappa shape index (κ2) is 11.9. The molecule has 194 valence electrons. The van der Waals surface area contributed by atoms with Gasteiger partial charge in [-0.05, 0) is 22.0 Å². The van der Waals surface area contributed by atoms with Crippen molar-refractivity contribution in [1.29, 1.82) is 5.26 Å². The zero-order chi connectivity index (χ0) is 26.7. The maximum atomic E-state index is 12.2. The average Bonchev–Trinajstić information content (AvgIpc) is 3.49. The van der Waals surface area contributed by atoms with Crippen LogP contribution in [0, 0.1) is 17.2 Å². The van der Waals surface area contributed by atoms with Crippen molar-refractivity contribution >= 4 is 62.6 Å². The van der Waals surface area contributed by atoms with Crippen LogP contribution in [0.3, 0.4) is 0 Å². The average molecular weight is 628 g/mol. The van der Waals surface area contributed by atoms with Gasteiger partial charge in [0.2, 0.25) is 0 Å². The van der Waals surface area contributed by atoms with Gasteiger partial charge in [-0.1, -0.05) is 35.5 Å². The number of nitrogens with zero attached hydrogens (tertiary/aromatic N) is 6. The number of esters is 2. The SMILES string of the molecule is CC(=O)OCC1O[C@H](Sc2cnc(C#N)c(Br)c2)[C@@H](OC(C)=O)C(n2cc(-c3nc(Cl)cs3)nn2)[C@H]1C. The standard InChI is InChI=1S/C22H20BrClN6O5S2/c1-10-17(8-33-11(2)31)35-22(37-13-4-14(23)15(5-25)26-6-13)20(34-12(3)32)19(10)30-7-16(28-29-30)21-27-18(24)9-36-21/h4,6-7,9-10,17,19-20,22H,8H2,1-3H3/t10-,17?,19?,20-,22+/m0/s1. The topological polar surface area (TPSA) is 142 Å². The molecule has 0 amide bonds. The second-order valence-corrected chi connectivity index (χ2v) is 11.3. The molecule has 2 unspecified atom stereocenters. The van der Waals surface area contributed by atoms with E-state index in [1.807, 2.05) is 13.0 Å². The number of ether oxygens (including phenoxy) is 3. The van der Waals surface area contributed by atoms with Crippen LogP contribution < -0.4 is 0 Å². The number of hydrogen-bond donors (Lipinski definition) is 0. The lowest BCUT2D eigenvalue weighted by Gasteiger charge is -2.44. The Balaban J connectivity index is 1.71. The summed E-state index contributed by atoms with van der Waals surface area (Å²) in [6.45, 7) is 4.54. The molecule has 1 fully saturated rings. The highest BCUT2D eigenvalue weighted by molar-refractivity contribution is 9.10. The molecule has 0 bridgehead atoms. The van der Waals surface area contributed by atoms with Crippen LogP contribution >= 0.6 is 50.6 Å². The Hall–Kier alpha value is -2.57. The molecule has 1 saturated heterocycles. The first-order valence-electron chi connectivity index (χ1n) is 10.9. The number of carbonyl (C=O) groups excluding carboxylic acids is 2. The van der Waals surface area contributed by atoms with Gasteiger partial charge in [0.25, 0.3) is 0 Å². The van der Waals surface area contributed by atoms with Crippen LogP contribution in [0.5, 0.6) is 0 Å². The van der Waals surface area contributed by atoms with Gasteiger partial charge in [-0.25, -0.2) is 14.6 Å². The molecular formula is C22H20BrClN6O5S2. The summed E-state index contributed by atoms with van der Waals surface area (Å²) in [5.74, 6) is -1.25. The summed E-state index contributed by atoms with van der Waals surface area (Å²) in [4.78, 5) is 32.8. The zero-order valence-electron chi connectivity index (χ0n) is 19.7. The van der Waals surface area contributed by atoms with E-state index in [9.17, 15) is 14.9 Å². The van der Waals surface area contributed by atoms with Crippen molar-refractivity contribution in [3.63, 3.8) is 0 Å². The molecule has 0 radical (unpaired) electrons. The second-order valence-electron chi connectivity index (χ2n) is 8.06. The molecule has 0 aliphatic carbocycles. The number of halogens is 2. The minimum Gasteiger partial charge on any atom is -0.463 e. The molecule has 15 heteroatoms. The third-order valence-electron chi connectivity index (χ3n) is 5.48. The van der Waals surface area contributed by atoms with Crippen LogP contribution in [0.15, 0.2) is 33.2 Å². The van der Waals surface area contributed by atoms with Crippen molar-refractivity contribution in [2.75, 3.05) is 6.61 Å². The van der Waals surface area contributed by atoms with Crippen LogP contribution in [0.1, 0.15) is 32.5 Å². The van der Waals surface area contributed by atoms with Gasteiger partial charge in [-0.15, -0.1) is 16.4 Å². The molecule has 0 N–H and O–H groups in total. The van der Waals surface area contributed by atoms with E-state index in [1.54, 1.807) is 22.3 Å². The summed E-state index contributed by atoms with van der Waals surface area (Å²) in [6.07, 6.45) is 1.91. The molecule has 3 aromatic heterocycles. The van der Waals surface area contributed by atoms with E-state index in [0.29, 0.717) is 25.2 Å². The third kappa shape index (κ3) is 6.47. The number of pyridine rings is 1. The lowest BCUT2D eigenvalue weighted by atomic mass is 9.89. The van der Waals surface area contributed by atoms with Crippen molar-refractivity contribution in [3.05, 3.63) is 39.2 Å². The van der Waals surface area contributed by atoms with Crippen molar-refractivity contribution in [3.8, 4) is 16.8 Å². The monoisotopic (exact) mass is 626 g/mol. The number of thiazole rings is 1. The molecule has 11 nitrogen and oxygen atoms in total. The van der Waals surface area contributed by atoms with Crippen molar-refractivity contribution in [2.45, 2.75) is 49.4 Å². The fraction of sp³-hybridized carbons (Fsp3) is 0.409. The Morgan fingerprint density at radius 2 is 2.16 bits per heavy atom. The first-order valence-corrected chi connectivity index (χ1v) is 13.8. The third-order valence-corrected chi connectivity index (χ3v) is 8.38. The molecule has 5 atom stereocenters. The predicted octanol–water partition coefficient (Wildman–Crippen LogP) is 4.27. The molecule has 0 aromatic carbocycles. The van der Waals surface area contributed by atoms with E-state index in [2.05, 4.69) is 36.2 Å². The number of aromatic nitrogens is 5. The summed E-state index contributed by atoms with van der Waals surface area (Å²) in [5, 5.41) is 20.4. The highest BCUT2D eigenvalue weighted by Gasteiger charge is 2.48. The maximum Gasteiger partial charge on any atom is 0.303 e. The lowest BCUT2D eigenvalue weighted by molar-refractivity contribution is -0.185. The van der Waals surface area contributed by atoms with Gasteiger partial charge >= 0.3 is 11.9 Å². The minimum atomic E-state index is -0.796. The summed E-state index contributed by atoms with van der Waals surface area (Å²) in [7, 11) is 0. The molecule has 3 aromatic rings. The smallest absolute Gasteiger partial charge is 0.303 e. The van der Waals surface area contributed by atoms with E-state index in [0.717, 1.165) is 0 Å². The van der Waals surface area contributed by atoms with E-state index in [4.69, 9.17) is 25.8 Å². The number of nitriles is 1. The van der Waals surface area contributed by atoms with Crippen molar-refractivity contribution in [2.24, 2.45) is 5.92 Å². The summed E-state index contributed by atoms with van der Waals surface area (Å²) < 4.78 is 19.5. The van der Waals surface area contributed by atoms with E-state index in [1.165, 1.54) is 43.1 Å². The first kappa shape index (κ1) is 27.5. The van der Waals surface area contributed by atoms with E-state index in [-0.39, 0.29) is 18.2 Å². The summed E-state index contributed by atoms with van der Waals surface area (Å²) >= 11 is 11.9. The van der Waals surface area contributed by atoms with Crippen LogP contribution in [0.2, 0.25) is 5.15 Å². The lowest BCUT2D eigenvalue weighted by Crippen LogP contribution is -2.52. The number of hydrogen-bond acceptors (Lipinski definition) is 12. The minimum absolute atomic E-state index is 0.00416. The van der Waals surface area contributed by atoms with Crippen LogP contribution in [0.4, 0.5) is 0 Å². The molecular weight excluding hydrogens is 608 g/mol. The quantitative estimate of drug-likeness (QED) is 0.347. The Labute approximate surface area is 233 Å². The Bertz CT molecular complexity index is 1350. The zero-order valence-corrected chi connectivity index (χ0v) is 23.7. The van der Waals surface area contributed by atoms with Gasteiger partial charge in [0, 0.05) is 36.2 Å². The van der Waals surface area contributed by atoms with Gasteiger partial charge in [0.1, 0.15) is 34.0 Å². The van der Waals surface area contributed by atoms with Gasteiger partial charge in [0.15, 0.2) is 11.8 Å². The van der Waals surface area contributed by atoms with Gasteiger partial charge in [-0.3, -0.25) is 9.59 Å². The van der Waals surface area contributed by atoms with Gasteiger partial charge in [0.05, 0.1) is 22.8 Å². The predicted molar refractivity (Wildman–Crippen MR) is 138 cm³/mol. The summed E-state index contributed by atoms with van der Waals surface area (Å²) in [5.41, 5.74) is 0.0227. The molecule has 4 rings (SSSR count). The van der Waals surface area contributed by atoms with Crippen molar-refractivity contribution in [1.82, 2.24) is 25.0 Å². The number of thioether (sulfide) groups is 1. The molecule has 0 spiro atoms. The van der Waals surface area contributed by atoms with E-state index >= 15 is 0 Å². The largest absolute Gasteiger partial charge is 0.463 e. The van der Waals surface area contributed by atoms with Crippen LogP contribution in [0.25, 0.3) is 10.7 Å². The molecule has 0 saturated carbocycles.